The van der Waals surface area contributed by atoms with Crippen LogP contribution < -0.4 is 5.32 Å². The van der Waals surface area contributed by atoms with Gasteiger partial charge in [0.25, 0.3) is 5.91 Å². The van der Waals surface area contributed by atoms with E-state index in [9.17, 15) is 13.2 Å². The number of carbonyl (C=O) groups excluding carboxylic acids is 1. The molecule has 0 spiro atoms. The summed E-state index contributed by atoms with van der Waals surface area (Å²) in [4.78, 5) is 12.2. The normalized spacial score (nSPS) is 16.2. The third-order valence-electron chi connectivity index (χ3n) is 3.48. The summed E-state index contributed by atoms with van der Waals surface area (Å²) in [5.41, 5.74) is 1.01. The number of benzene rings is 1. The number of nitrogens with one attached hydrogen (secondary N) is 1. The van der Waals surface area contributed by atoms with E-state index in [-0.39, 0.29) is 10.8 Å². The van der Waals surface area contributed by atoms with Gasteiger partial charge in [-0.25, -0.2) is 8.42 Å². The van der Waals surface area contributed by atoms with E-state index in [1.54, 1.807) is 23.6 Å². The second-order valence-electron chi connectivity index (χ2n) is 5.01. The van der Waals surface area contributed by atoms with E-state index in [1.165, 1.54) is 27.8 Å². The van der Waals surface area contributed by atoms with Gasteiger partial charge < -0.3 is 10.1 Å². The number of ether oxygens (including phenoxy) is 1. The van der Waals surface area contributed by atoms with Crippen LogP contribution in [0, 0.1) is 0 Å². The largest absolute Gasteiger partial charge is 0.379 e. The van der Waals surface area contributed by atoms with Crippen LogP contribution in [0.5, 0.6) is 0 Å². The molecule has 3 rings (SSSR count). The Hall–Kier alpha value is -1.74. The van der Waals surface area contributed by atoms with E-state index in [4.69, 9.17) is 4.74 Å². The lowest BCUT2D eigenvalue weighted by Gasteiger charge is -2.26. The summed E-state index contributed by atoms with van der Waals surface area (Å²) >= 11 is 1.43. The Kier molecular flexibility index (Phi) is 4.76. The molecule has 0 radical (unpaired) electrons. The highest BCUT2D eigenvalue weighted by atomic mass is 32.2. The van der Waals surface area contributed by atoms with Crippen LogP contribution >= 0.6 is 11.3 Å². The summed E-state index contributed by atoms with van der Waals surface area (Å²) in [7, 11) is -3.57. The highest BCUT2D eigenvalue weighted by Gasteiger charge is 2.26. The van der Waals surface area contributed by atoms with Crippen molar-refractivity contribution in [3.05, 3.63) is 46.7 Å². The van der Waals surface area contributed by atoms with Crippen molar-refractivity contribution in [2.24, 2.45) is 0 Å². The van der Waals surface area contributed by atoms with Gasteiger partial charge in [0, 0.05) is 24.2 Å². The summed E-state index contributed by atoms with van der Waals surface area (Å²) in [6.45, 7) is 1.48. The molecule has 1 aromatic heterocycles. The zero-order valence-corrected chi connectivity index (χ0v) is 13.9. The fraction of sp³-hybridized carbons (Fsp3) is 0.267. The first kappa shape index (κ1) is 16.1. The summed E-state index contributed by atoms with van der Waals surface area (Å²) < 4.78 is 31.8. The molecule has 122 valence electrons. The standard InChI is InChI=1S/C15H16N2O4S2/c18-15(12-4-9-22-11-12)16-13-2-1-3-14(10-13)23(19,20)17-5-7-21-8-6-17/h1-4,9-11H,5-8H2,(H,16,18). The number of rotatable bonds is 4. The highest BCUT2D eigenvalue weighted by Crippen LogP contribution is 2.21. The van der Waals surface area contributed by atoms with Crippen molar-refractivity contribution >= 4 is 33.0 Å². The van der Waals surface area contributed by atoms with Crippen LogP contribution in [0.25, 0.3) is 0 Å². The van der Waals surface area contributed by atoms with Crippen molar-refractivity contribution in [3.8, 4) is 0 Å². The summed E-state index contributed by atoms with van der Waals surface area (Å²) in [5, 5.41) is 6.27. The topological polar surface area (TPSA) is 75.7 Å². The van der Waals surface area contributed by atoms with Gasteiger partial charge in [-0.05, 0) is 29.6 Å². The maximum Gasteiger partial charge on any atom is 0.256 e. The van der Waals surface area contributed by atoms with E-state index in [1.807, 2.05) is 5.38 Å². The molecule has 1 aliphatic heterocycles. The van der Waals surface area contributed by atoms with E-state index in [0.29, 0.717) is 37.6 Å². The van der Waals surface area contributed by atoms with Crippen molar-refractivity contribution in [1.29, 1.82) is 0 Å². The molecule has 1 amide bonds. The average molecular weight is 352 g/mol. The molecule has 1 N–H and O–H groups in total. The Bertz CT molecular complexity index is 782. The van der Waals surface area contributed by atoms with E-state index >= 15 is 0 Å². The Morgan fingerprint density at radius 3 is 2.70 bits per heavy atom. The van der Waals surface area contributed by atoms with Crippen LogP contribution in [-0.4, -0.2) is 44.9 Å². The van der Waals surface area contributed by atoms with Gasteiger partial charge in [-0.1, -0.05) is 6.07 Å². The van der Waals surface area contributed by atoms with Crippen LogP contribution in [0.2, 0.25) is 0 Å². The van der Waals surface area contributed by atoms with Gasteiger partial charge in [0.05, 0.1) is 23.7 Å². The molecular formula is C15H16N2O4S2. The number of hydrogen-bond donors (Lipinski definition) is 1. The number of sulfonamides is 1. The van der Waals surface area contributed by atoms with Crippen LogP contribution in [0.4, 0.5) is 5.69 Å². The fourth-order valence-electron chi connectivity index (χ4n) is 2.27. The molecule has 1 aliphatic rings. The smallest absolute Gasteiger partial charge is 0.256 e. The molecule has 1 saturated heterocycles. The molecule has 0 atom stereocenters. The van der Waals surface area contributed by atoms with Crippen LogP contribution in [0.15, 0.2) is 46.0 Å². The maximum atomic E-state index is 12.6. The number of carbonyl (C=O) groups is 1. The summed E-state index contributed by atoms with van der Waals surface area (Å²) in [6.07, 6.45) is 0. The minimum absolute atomic E-state index is 0.169. The number of thiophene rings is 1. The van der Waals surface area contributed by atoms with Gasteiger partial charge in [0.15, 0.2) is 0 Å². The monoisotopic (exact) mass is 352 g/mol. The van der Waals surface area contributed by atoms with Crippen molar-refractivity contribution in [1.82, 2.24) is 4.31 Å². The minimum Gasteiger partial charge on any atom is -0.379 e. The first-order chi connectivity index (χ1) is 11.1. The van der Waals surface area contributed by atoms with Crippen molar-refractivity contribution in [3.63, 3.8) is 0 Å². The predicted octanol–water partition coefficient (Wildman–Crippen LogP) is 2.02. The van der Waals surface area contributed by atoms with E-state index in [2.05, 4.69) is 5.32 Å². The third kappa shape index (κ3) is 3.61. The number of hydrogen-bond acceptors (Lipinski definition) is 5. The Morgan fingerprint density at radius 2 is 2.00 bits per heavy atom. The van der Waals surface area contributed by atoms with Crippen molar-refractivity contribution < 1.29 is 17.9 Å². The Labute approximate surface area is 138 Å². The zero-order chi connectivity index (χ0) is 16.3. The fourth-order valence-corrected chi connectivity index (χ4v) is 4.36. The maximum absolute atomic E-state index is 12.6. The first-order valence-corrected chi connectivity index (χ1v) is 9.47. The van der Waals surface area contributed by atoms with E-state index in [0.717, 1.165) is 0 Å². The first-order valence-electron chi connectivity index (χ1n) is 7.09. The average Bonchev–Trinajstić information content (AvgIpc) is 3.10. The molecule has 1 fully saturated rings. The van der Waals surface area contributed by atoms with Crippen molar-refractivity contribution in [2.75, 3.05) is 31.6 Å². The summed E-state index contributed by atoms with van der Waals surface area (Å²) in [6, 6.07) is 8.02. The van der Waals surface area contributed by atoms with Gasteiger partial charge in [-0.3, -0.25) is 4.79 Å². The van der Waals surface area contributed by atoms with Crippen LogP contribution in [0.1, 0.15) is 10.4 Å². The quantitative estimate of drug-likeness (QED) is 0.913. The third-order valence-corrected chi connectivity index (χ3v) is 6.06. The molecule has 8 heteroatoms. The lowest BCUT2D eigenvalue weighted by Crippen LogP contribution is -2.40. The van der Waals surface area contributed by atoms with Crippen LogP contribution in [0.3, 0.4) is 0 Å². The molecule has 0 aliphatic carbocycles. The van der Waals surface area contributed by atoms with Crippen molar-refractivity contribution in [2.45, 2.75) is 4.90 Å². The number of anilines is 1. The van der Waals surface area contributed by atoms with Gasteiger partial charge in [-0.15, -0.1) is 0 Å². The molecule has 0 unspecified atom stereocenters. The molecule has 6 nitrogen and oxygen atoms in total. The lowest BCUT2D eigenvalue weighted by molar-refractivity contribution is 0.0730. The molecule has 1 aromatic carbocycles. The number of morpholine rings is 1. The van der Waals surface area contributed by atoms with Gasteiger partial charge in [0.1, 0.15) is 0 Å². The second kappa shape index (κ2) is 6.79. The highest BCUT2D eigenvalue weighted by molar-refractivity contribution is 7.89. The van der Waals surface area contributed by atoms with E-state index < -0.39 is 10.0 Å². The molecule has 2 heterocycles. The van der Waals surface area contributed by atoms with Gasteiger partial charge >= 0.3 is 0 Å². The van der Waals surface area contributed by atoms with Gasteiger partial charge in [0.2, 0.25) is 10.0 Å². The minimum atomic E-state index is -3.57. The zero-order valence-electron chi connectivity index (χ0n) is 12.3. The second-order valence-corrected chi connectivity index (χ2v) is 7.73. The molecule has 23 heavy (non-hydrogen) atoms. The molecular weight excluding hydrogens is 336 g/mol. The molecule has 2 aromatic rings. The molecule has 0 saturated carbocycles. The Balaban J connectivity index is 1.80. The summed E-state index contributed by atoms with van der Waals surface area (Å²) in [5.74, 6) is -0.257. The molecule has 0 bridgehead atoms. The number of nitrogens with zero attached hydrogens (tertiary/aromatic N) is 1. The Morgan fingerprint density at radius 1 is 1.22 bits per heavy atom. The van der Waals surface area contributed by atoms with Crippen LogP contribution in [-0.2, 0) is 14.8 Å². The van der Waals surface area contributed by atoms with Gasteiger partial charge in [-0.2, -0.15) is 15.6 Å². The SMILES string of the molecule is O=C(Nc1cccc(S(=O)(=O)N2CCOCC2)c1)c1ccsc1. The predicted molar refractivity (Wildman–Crippen MR) is 88.3 cm³/mol. The number of amides is 1. The lowest BCUT2D eigenvalue weighted by atomic mass is 10.3.